The van der Waals surface area contributed by atoms with Crippen LogP contribution in [0.5, 0.6) is 0 Å². The van der Waals surface area contributed by atoms with E-state index in [0.717, 1.165) is 4.90 Å². The van der Waals surface area contributed by atoms with Crippen molar-refractivity contribution in [2.75, 3.05) is 39.3 Å². The highest BCUT2D eigenvalue weighted by Crippen LogP contribution is 2.41. The maximum absolute atomic E-state index is 14.1. The minimum atomic E-state index is -1.44. The molecule has 8 nitrogen and oxygen atoms in total. The Morgan fingerprint density at radius 3 is 2.58 bits per heavy atom. The van der Waals surface area contributed by atoms with Crippen molar-refractivity contribution in [3.05, 3.63) is 65.7 Å². The van der Waals surface area contributed by atoms with Crippen molar-refractivity contribution < 1.29 is 23.9 Å². The first-order chi connectivity index (χ1) is 15.9. The standard InChI is InChI=1S/C24H27FN4O4/c25-20-5-1-4-19(13-20)24(14-21(31)28-9-7-27(8-10-28)11-12-30)15-22(32)29(23(24)33)17-18-3-2-6-26-16-18/h1-6,13,16,30H,7-12,14-15,17H2. The predicted octanol–water partition coefficient (Wildman–Crippen LogP) is 0.944. The molecule has 174 valence electrons. The lowest BCUT2D eigenvalue weighted by atomic mass is 9.75. The monoisotopic (exact) mass is 454 g/mol. The zero-order valence-corrected chi connectivity index (χ0v) is 18.3. The lowest BCUT2D eigenvalue weighted by molar-refractivity contribution is -0.143. The van der Waals surface area contributed by atoms with Crippen LogP contribution in [0.4, 0.5) is 4.39 Å². The quantitative estimate of drug-likeness (QED) is 0.626. The topological polar surface area (TPSA) is 94.0 Å². The van der Waals surface area contributed by atoms with Crippen molar-refractivity contribution in [1.82, 2.24) is 19.7 Å². The number of benzene rings is 1. The number of likely N-dealkylation sites (tertiary alicyclic amines) is 1. The van der Waals surface area contributed by atoms with E-state index in [1.165, 1.54) is 18.2 Å². The third kappa shape index (κ3) is 4.79. The third-order valence-corrected chi connectivity index (χ3v) is 6.44. The summed E-state index contributed by atoms with van der Waals surface area (Å²) < 4.78 is 14.1. The van der Waals surface area contributed by atoms with Gasteiger partial charge < -0.3 is 10.0 Å². The van der Waals surface area contributed by atoms with Gasteiger partial charge in [-0.05, 0) is 29.3 Å². The van der Waals surface area contributed by atoms with Crippen molar-refractivity contribution in [2.45, 2.75) is 24.8 Å². The van der Waals surface area contributed by atoms with Crippen LogP contribution in [0.1, 0.15) is 24.0 Å². The van der Waals surface area contributed by atoms with Gasteiger partial charge in [0.2, 0.25) is 17.7 Å². The second kappa shape index (κ2) is 9.76. The number of carbonyl (C=O) groups excluding carboxylic acids is 3. The number of aliphatic hydroxyl groups excluding tert-OH is 1. The van der Waals surface area contributed by atoms with E-state index in [1.54, 1.807) is 35.5 Å². The number of hydrogen-bond donors (Lipinski definition) is 1. The SMILES string of the molecule is O=C(CC1(c2cccc(F)c2)CC(=O)N(Cc2cccnc2)C1=O)N1CCN(CCO)CC1. The van der Waals surface area contributed by atoms with Crippen molar-refractivity contribution >= 4 is 17.7 Å². The van der Waals surface area contributed by atoms with Crippen molar-refractivity contribution in [1.29, 1.82) is 0 Å². The number of carbonyl (C=O) groups is 3. The van der Waals surface area contributed by atoms with Gasteiger partial charge in [0.25, 0.3) is 0 Å². The fourth-order valence-electron chi connectivity index (χ4n) is 4.62. The second-order valence-corrected chi connectivity index (χ2v) is 8.54. The predicted molar refractivity (Wildman–Crippen MR) is 117 cm³/mol. The van der Waals surface area contributed by atoms with Gasteiger partial charge in [-0.15, -0.1) is 0 Å². The van der Waals surface area contributed by atoms with E-state index in [1.807, 2.05) is 0 Å². The summed E-state index contributed by atoms with van der Waals surface area (Å²) in [7, 11) is 0. The van der Waals surface area contributed by atoms with Crippen LogP contribution in [0, 0.1) is 5.82 Å². The average Bonchev–Trinajstić information content (AvgIpc) is 3.05. The largest absolute Gasteiger partial charge is 0.395 e. The molecule has 0 radical (unpaired) electrons. The highest BCUT2D eigenvalue weighted by atomic mass is 19.1. The molecule has 1 atom stereocenters. The van der Waals surface area contributed by atoms with Crippen LogP contribution in [0.3, 0.4) is 0 Å². The summed E-state index contributed by atoms with van der Waals surface area (Å²) in [5.41, 5.74) is -0.414. The first-order valence-corrected chi connectivity index (χ1v) is 11.0. The van der Waals surface area contributed by atoms with Crippen LogP contribution in [-0.4, -0.2) is 81.8 Å². The highest BCUT2D eigenvalue weighted by Gasteiger charge is 2.54. The maximum Gasteiger partial charge on any atom is 0.241 e. The van der Waals surface area contributed by atoms with Gasteiger partial charge >= 0.3 is 0 Å². The number of imide groups is 1. The summed E-state index contributed by atoms with van der Waals surface area (Å²) in [5, 5.41) is 9.12. The smallest absolute Gasteiger partial charge is 0.241 e. The molecule has 0 bridgehead atoms. The number of rotatable bonds is 7. The van der Waals surface area contributed by atoms with Gasteiger partial charge in [0.05, 0.1) is 18.6 Å². The molecule has 1 unspecified atom stereocenters. The zero-order valence-electron chi connectivity index (χ0n) is 18.3. The molecule has 33 heavy (non-hydrogen) atoms. The summed E-state index contributed by atoms with van der Waals surface area (Å²) in [6.07, 6.45) is 2.79. The number of β-amino-alcohol motifs (C(OH)–C–C–N with tert-alkyl or cyclic N) is 1. The van der Waals surface area contributed by atoms with Gasteiger partial charge in [0.1, 0.15) is 5.82 Å². The number of halogens is 1. The van der Waals surface area contributed by atoms with Crippen LogP contribution < -0.4 is 0 Å². The second-order valence-electron chi connectivity index (χ2n) is 8.54. The molecule has 1 N–H and O–H groups in total. The number of piperazine rings is 1. The van der Waals surface area contributed by atoms with Crippen LogP contribution in [0.15, 0.2) is 48.8 Å². The molecule has 3 amide bonds. The summed E-state index contributed by atoms with van der Waals surface area (Å²) in [5.74, 6) is -1.65. The fourth-order valence-corrected chi connectivity index (χ4v) is 4.62. The summed E-state index contributed by atoms with van der Waals surface area (Å²) in [4.78, 5) is 48.8. The van der Waals surface area contributed by atoms with E-state index >= 15 is 0 Å². The maximum atomic E-state index is 14.1. The van der Waals surface area contributed by atoms with Gasteiger partial charge in [0.15, 0.2) is 0 Å². The van der Waals surface area contributed by atoms with Gasteiger partial charge in [-0.1, -0.05) is 18.2 Å². The van der Waals surface area contributed by atoms with Crippen LogP contribution in [0.2, 0.25) is 0 Å². The first kappa shape index (κ1) is 23.0. The van der Waals surface area contributed by atoms with E-state index < -0.39 is 23.0 Å². The minimum absolute atomic E-state index is 0.0522. The molecule has 1 aromatic carbocycles. The van der Waals surface area contributed by atoms with Gasteiger partial charge in [-0.2, -0.15) is 0 Å². The summed E-state index contributed by atoms with van der Waals surface area (Å²) in [6.45, 7) is 2.85. The van der Waals surface area contributed by atoms with E-state index in [-0.39, 0.29) is 31.9 Å². The van der Waals surface area contributed by atoms with E-state index in [9.17, 15) is 18.8 Å². The Bertz CT molecular complexity index is 1030. The third-order valence-electron chi connectivity index (χ3n) is 6.44. The summed E-state index contributed by atoms with van der Waals surface area (Å²) >= 11 is 0. The molecule has 2 fully saturated rings. The normalized spacial score (nSPS) is 21.6. The van der Waals surface area contributed by atoms with Crippen molar-refractivity contribution in [3.8, 4) is 0 Å². The fraction of sp³-hybridized carbons (Fsp3) is 0.417. The Morgan fingerprint density at radius 2 is 1.91 bits per heavy atom. The number of amides is 3. The lowest BCUT2D eigenvalue weighted by Crippen LogP contribution is -2.51. The van der Waals surface area contributed by atoms with Crippen molar-refractivity contribution in [3.63, 3.8) is 0 Å². The number of aliphatic hydroxyl groups is 1. The van der Waals surface area contributed by atoms with Gasteiger partial charge in [0, 0.05) is 58.0 Å². The van der Waals surface area contributed by atoms with Crippen LogP contribution in [0.25, 0.3) is 0 Å². The lowest BCUT2D eigenvalue weighted by Gasteiger charge is -2.36. The number of aromatic nitrogens is 1. The molecule has 0 aliphatic carbocycles. The Labute approximate surface area is 191 Å². The zero-order chi connectivity index (χ0) is 23.4. The molecule has 0 saturated carbocycles. The molecule has 2 aromatic rings. The average molecular weight is 455 g/mol. The number of pyridine rings is 1. The van der Waals surface area contributed by atoms with Crippen molar-refractivity contribution in [2.24, 2.45) is 0 Å². The molecular formula is C24H27FN4O4. The molecule has 2 aliphatic rings. The number of hydrogen-bond acceptors (Lipinski definition) is 6. The summed E-state index contributed by atoms with van der Waals surface area (Å²) in [6, 6.07) is 9.10. The molecule has 0 spiro atoms. The van der Waals surface area contributed by atoms with E-state index in [2.05, 4.69) is 9.88 Å². The molecule has 2 saturated heterocycles. The minimum Gasteiger partial charge on any atom is -0.395 e. The highest BCUT2D eigenvalue weighted by molar-refractivity contribution is 6.10. The van der Waals surface area contributed by atoms with Crippen LogP contribution in [-0.2, 0) is 26.3 Å². The first-order valence-electron chi connectivity index (χ1n) is 11.0. The molecular weight excluding hydrogens is 427 g/mol. The molecule has 4 rings (SSSR count). The number of nitrogens with zero attached hydrogens (tertiary/aromatic N) is 4. The van der Waals surface area contributed by atoms with E-state index in [0.29, 0.717) is 43.9 Å². The Hall–Kier alpha value is -3.17. The van der Waals surface area contributed by atoms with Gasteiger partial charge in [-0.25, -0.2) is 4.39 Å². The Balaban J connectivity index is 1.60. The van der Waals surface area contributed by atoms with E-state index in [4.69, 9.17) is 5.11 Å². The molecule has 3 heterocycles. The Morgan fingerprint density at radius 1 is 1.12 bits per heavy atom. The molecule has 1 aromatic heterocycles. The molecule has 9 heteroatoms. The van der Waals surface area contributed by atoms with Crippen LogP contribution >= 0.6 is 0 Å². The van der Waals surface area contributed by atoms with Gasteiger partial charge in [-0.3, -0.25) is 29.2 Å². The Kier molecular flexibility index (Phi) is 6.80. The molecule has 2 aliphatic heterocycles.